The molecule has 0 unspecified atom stereocenters. The molecule has 0 radical (unpaired) electrons. The van der Waals surface area contributed by atoms with Gasteiger partial charge in [-0.05, 0) is 51.0 Å². The van der Waals surface area contributed by atoms with Gasteiger partial charge >= 0.3 is 5.97 Å². The third-order valence-corrected chi connectivity index (χ3v) is 4.85. The molecular formula is C21H14BrNO3. The zero-order valence-electron chi connectivity index (χ0n) is 13.9. The molecule has 0 bridgehead atoms. The van der Waals surface area contributed by atoms with Crippen LogP contribution in [0.1, 0.15) is 11.1 Å². The lowest BCUT2D eigenvalue weighted by Crippen LogP contribution is -2.05. The fraction of sp³-hybridized carbons (Fsp3) is 0.0476. The van der Waals surface area contributed by atoms with E-state index in [0.717, 1.165) is 26.4 Å². The summed E-state index contributed by atoms with van der Waals surface area (Å²) < 4.78 is 11.7. The zero-order chi connectivity index (χ0) is 18.1. The van der Waals surface area contributed by atoms with Crippen LogP contribution in [0.15, 0.2) is 75.8 Å². The van der Waals surface area contributed by atoms with E-state index in [1.54, 1.807) is 13.2 Å². The zero-order valence-corrected chi connectivity index (χ0v) is 15.5. The number of carbonyl (C=O) groups is 1. The maximum Gasteiger partial charge on any atom is 0.363 e. The van der Waals surface area contributed by atoms with E-state index in [-0.39, 0.29) is 11.6 Å². The van der Waals surface area contributed by atoms with Crippen LogP contribution in [-0.4, -0.2) is 19.0 Å². The molecule has 5 heteroatoms. The number of hydrogen-bond donors (Lipinski definition) is 0. The van der Waals surface area contributed by atoms with E-state index in [1.807, 2.05) is 60.7 Å². The number of methoxy groups -OCH3 is 1. The number of cyclic esters (lactones) is 1. The number of benzene rings is 3. The molecule has 0 amide bonds. The summed E-state index contributed by atoms with van der Waals surface area (Å²) in [5.41, 5.74) is 1.77. The van der Waals surface area contributed by atoms with E-state index in [9.17, 15) is 4.79 Å². The molecule has 0 spiro atoms. The Balaban J connectivity index is 1.85. The quantitative estimate of drug-likeness (QED) is 0.455. The number of rotatable bonds is 3. The Morgan fingerprint density at radius 3 is 2.62 bits per heavy atom. The van der Waals surface area contributed by atoms with Crippen LogP contribution < -0.4 is 4.74 Å². The molecular weight excluding hydrogens is 394 g/mol. The van der Waals surface area contributed by atoms with Gasteiger partial charge in [0.1, 0.15) is 5.75 Å². The van der Waals surface area contributed by atoms with Gasteiger partial charge in [-0.3, -0.25) is 0 Å². The van der Waals surface area contributed by atoms with Crippen LogP contribution in [0, 0.1) is 0 Å². The molecule has 0 saturated heterocycles. The van der Waals surface area contributed by atoms with E-state index in [1.165, 1.54) is 0 Å². The van der Waals surface area contributed by atoms with Gasteiger partial charge in [-0.2, -0.15) is 0 Å². The van der Waals surface area contributed by atoms with Gasteiger partial charge in [-0.15, -0.1) is 0 Å². The predicted octanol–water partition coefficient (Wildman–Crippen LogP) is 4.96. The third kappa shape index (κ3) is 2.91. The number of halogens is 1. The normalized spacial score (nSPS) is 15.2. The average molecular weight is 408 g/mol. The monoisotopic (exact) mass is 407 g/mol. The van der Waals surface area contributed by atoms with Crippen LogP contribution in [0.2, 0.25) is 0 Å². The minimum absolute atomic E-state index is 0.241. The summed E-state index contributed by atoms with van der Waals surface area (Å²) in [4.78, 5) is 16.7. The van der Waals surface area contributed by atoms with Gasteiger partial charge in [-0.25, -0.2) is 9.79 Å². The summed E-state index contributed by atoms with van der Waals surface area (Å²) >= 11 is 3.46. The fourth-order valence-corrected chi connectivity index (χ4v) is 3.35. The van der Waals surface area contributed by atoms with E-state index >= 15 is 0 Å². The molecule has 26 heavy (non-hydrogen) atoms. The number of esters is 1. The van der Waals surface area contributed by atoms with E-state index in [0.29, 0.717) is 5.75 Å². The molecule has 0 aromatic heterocycles. The van der Waals surface area contributed by atoms with Gasteiger partial charge in [0, 0.05) is 10.0 Å². The van der Waals surface area contributed by atoms with Gasteiger partial charge in [0.2, 0.25) is 5.90 Å². The minimum atomic E-state index is -0.481. The van der Waals surface area contributed by atoms with E-state index in [4.69, 9.17) is 9.47 Å². The first-order chi connectivity index (χ1) is 12.7. The van der Waals surface area contributed by atoms with Crippen molar-refractivity contribution >= 4 is 44.6 Å². The Bertz CT molecular complexity index is 1090. The first-order valence-electron chi connectivity index (χ1n) is 8.00. The second-order valence-corrected chi connectivity index (χ2v) is 6.57. The molecule has 3 aromatic rings. The smallest absolute Gasteiger partial charge is 0.363 e. The van der Waals surface area contributed by atoms with Crippen LogP contribution >= 0.6 is 15.9 Å². The average Bonchev–Trinajstić information content (AvgIpc) is 3.02. The summed E-state index contributed by atoms with van der Waals surface area (Å²) in [6.45, 7) is 0. The molecule has 4 rings (SSSR count). The van der Waals surface area contributed by atoms with Crippen molar-refractivity contribution in [3.8, 4) is 5.75 Å². The second kappa shape index (κ2) is 6.77. The third-order valence-electron chi connectivity index (χ3n) is 4.16. The summed E-state index contributed by atoms with van der Waals surface area (Å²) in [6.07, 6.45) is 1.72. The number of carbonyl (C=O) groups excluding carboxylic acids is 1. The maximum atomic E-state index is 12.3. The Hall–Kier alpha value is -2.92. The van der Waals surface area contributed by atoms with Gasteiger partial charge < -0.3 is 9.47 Å². The number of hydrogen-bond acceptors (Lipinski definition) is 4. The molecule has 0 fully saturated rings. The first kappa shape index (κ1) is 16.5. The first-order valence-corrected chi connectivity index (χ1v) is 8.80. The number of fused-ring (bicyclic) bond motifs is 1. The van der Waals surface area contributed by atoms with Crippen LogP contribution in [0.3, 0.4) is 0 Å². The second-order valence-electron chi connectivity index (χ2n) is 5.72. The highest BCUT2D eigenvalue weighted by Gasteiger charge is 2.26. The van der Waals surface area contributed by atoms with Crippen molar-refractivity contribution in [2.24, 2.45) is 4.99 Å². The molecule has 0 aliphatic carbocycles. The summed E-state index contributed by atoms with van der Waals surface area (Å²) in [5, 5.41) is 2.04. The lowest BCUT2D eigenvalue weighted by atomic mass is 10.0. The maximum absolute atomic E-state index is 12.3. The summed E-state index contributed by atoms with van der Waals surface area (Å²) in [7, 11) is 1.61. The lowest BCUT2D eigenvalue weighted by Gasteiger charge is -2.08. The van der Waals surface area contributed by atoms with Crippen molar-refractivity contribution in [2.75, 3.05) is 7.11 Å². The molecule has 4 nitrogen and oxygen atoms in total. The highest BCUT2D eigenvalue weighted by Crippen LogP contribution is 2.32. The van der Waals surface area contributed by atoms with Crippen LogP contribution in [-0.2, 0) is 9.53 Å². The molecule has 3 aromatic carbocycles. The summed E-state index contributed by atoms with van der Waals surface area (Å²) in [6, 6.07) is 19.3. The van der Waals surface area contributed by atoms with Crippen molar-refractivity contribution in [1.82, 2.24) is 0 Å². The highest BCUT2D eigenvalue weighted by atomic mass is 79.9. The SMILES string of the molecule is COc1ccc2ccccc2c1C=C1N=C(c2ccccc2Br)OC1=O. The van der Waals surface area contributed by atoms with Crippen LogP contribution in [0.5, 0.6) is 5.75 Å². The fourth-order valence-electron chi connectivity index (χ4n) is 2.90. The summed E-state index contributed by atoms with van der Waals surface area (Å²) in [5.74, 6) is 0.479. The Morgan fingerprint density at radius 2 is 1.81 bits per heavy atom. The largest absolute Gasteiger partial charge is 0.496 e. The van der Waals surface area contributed by atoms with Crippen LogP contribution in [0.25, 0.3) is 16.8 Å². The predicted molar refractivity (Wildman–Crippen MR) is 105 cm³/mol. The van der Waals surface area contributed by atoms with Crippen molar-refractivity contribution < 1.29 is 14.3 Å². The molecule has 0 N–H and O–H groups in total. The van der Waals surface area contributed by atoms with E-state index < -0.39 is 5.97 Å². The van der Waals surface area contributed by atoms with Crippen LogP contribution in [0.4, 0.5) is 0 Å². The van der Waals surface area contributed by atoms with Crippen molar-refractivity contribution in [1.29, 1.82) is 0 Å². The van der Waals surface area contributed by atoms with Gasteiger partial charge in [0.05, 0.1) is 12.7 Å². The van der Waals surface area contributed by atoms with Crippen molar-refractivity contribution in [2.45, 2.75) is 0 Å². The molecule has 1 heterocycles. The number of nitrogens with zero attached hydrogens (tertiary/aromatic N) is 1. The van der Waals surface area contributed by atoms with Crippen molar-refractivity contribution in [3.63, 3.8) is 0 Å². The number of aliphatic imine (C=N–C) groups is 1. The number of ether oxygens (including phenoxy) is 2. The molecule has 0 saturated carbocycles. The molecule has 128 valence electrons. The molecule has 1 aliphatic rings. The van der Waals surface area contributed by atoms with E-state index in [2.05, 4.69) is 20.9 Å². The Morgan fingerprint density at radius 1 is 1.04 bits per heavy atom. The highest BCUT2D eigenvalue weighted by molar-refractivity contribution is 9.10. The van der Waals surface area contributed by atoms with Gasteiger partial charge in [0.25, 0.3) is 0 Å². The minimum Gasteiger partial charge on any atom is -0.496 e. The Kier molecular flexibility index (Phi) is 4.31. The topological polar surface area (TPSA) is 47.9 Å². The lowest BCUT2D eigenvalue weighted by molar-refractivity contribution is -0.129. The molecule has 0 atom stereocenters. The Labute approximate surface area is 158 Å². The van der Waals surface area contributed by atoms with Gasteiger partial charge in [0.15, 0.2) is 5.70 Å². The van der Waals surface area contributed by atoms with Gasteiger partial charge in [-0.1, -0.05) is 42.5 Å². The van der Waals surface area contributed by atoms with Crippen molar-refractivity contribution in [3.05, 3.63) is 82.0 Å². The standard InChI is InChI=1S/C21H14BrNO3/c1-25-19-11-10-13-6-2-3-7-14(13)16(19)12-18-21(24)26-20(23-18)15-8-4-5-9-17(15)22/h2-12H,1H3. The molecule has 1 aliphatic heterocycles.